The number of para-hydroxylation sites is 1. The second-order valence-electron chi connectivity index (χ2n) is 6.99. The fraction of sp³-hybridized carbons (Fsp3) is 0.167. The van der Waals surface area contributed by atoms with Crippen molar-refractivity contribution in [3.63, 3.8) is 0 Å². The third-order valence-electron chi connectivity index (χ3n) is 4.58. The van der Waals surface area contributed by atoms with Crippen molar-refractivity contribution in [3.8, 4) is 0 Å². The van der Waals surface area contributed by atoms with Crippen LogP contribution < -0.4 is 10.0 Å². The van der Waals surface area contributed by atoms with Gasteiger partial charge in [-0.15, -0.1) is 0 Å². The lowest BCUT2D eigenvalue weighted by Gasteiger charge is -2.13. The maximum absolute atomic E-state index is 12.8. The summed E-state index contributed by atoms with van der Waals surface area (Å²) in [7, 11) is -3.85. The largest absolute Gasteiger partial charge is 0.462 e. The first-order chi connectivity index (χ1) is 15.4. The lowest BCUT2D eigenvalue weighted by Crippen LogP contribution is -2.18. The van der Waals surface area contributed by atoms with Crippen LogP contribution in [0, 0.1) is 0 Å². The molecule has 0 aliphatic rings. The summed E-state index contributed by atoms with van der Waals surface area (Å²) in [5, 5.41) is 2.72. The molecule has 166 valence electrons. The molecule has 0 aliphatic heterocycles. The number of hydrogen-bond acceptors (Lipinski definition) is 5. The third-order valence-corrected chi connectivity index (χ3v) is 5.96. The molecule has 0 saturated heterocycles. The Bertz CT molecular complexity index is 1180. The Morgan fingerprint density at radius 1 is 0.875 bits per heavy atom. The Balaban J connectivity index is 1.72. The van der Waals surface area contributed by atoms with Crippen LogP contribution in [0.1, 0.15) is 40.5 Å². The van der Waals surface area contributed by atoms with Gasteiger partial charge in [-0.3, -0.25) is 9.52 Å². The molecule has 0 spiro atoms. The summed E-state index contributed by atoms with van der Waals surface area (Å²) in [5.74, 6) is -0.911. The molecule has 0 aliphatic carbocycles. The normalized spacial score (nSPS) is 10.9. The van der Waals surface area contributed by atoms with E-state index in [0.29, 0.717) is 17.9 Å². The minimum atomic E-state index is -3.85. The summed E-state index contributed by atoms with van der Waals surface area (Å²) in [6.07, 6.45) is 1.73. The number of hydrogen-bond donors (Lipinski definition) is 2. The number of unbranched alkanes of at least 4 members (excludes halogenated alkanes) is 1. The highest BCUT2D eigenvalue weighted by atomic mass is 32.2. The number of rotatable bonds is 9. The van der Waals surface area contributed by atoms with Gasteiger partial charge in [0.15, 0.2) is 0 Å². The molecule has 0 bridgehead atoms. The molecule has 0 atom stereocenters. The standard InChI is InChI=1S/C24H24N2O5S/c1-2-3-17-31-24(28)18-13-15-19(16-14-18)25-23(27)21-11-7-8-12-22(21)26-32(29,30)20-9-5-4-6-10-20/h4-16,26H,2-3,17H2,1H3,(H,25,27). The van der Waals surface area contributed by atoms with Crippen LogP contribution in [0.5, 0.6) is 0 Å². The number of amides is 1. The molecule has 1 amide bonds. The minimum Gasteiger partial charge on any atom is -0.462 e. The van der Waals surface area contributed by atoms with E-state index in [2.05, 4.69) is 10.0 Å². The van der Waals surface area contributed by atoms with Gasteiger partial charge >= 0.3 is 5.97 Å². The summed E-state index contributed by atoms with van der Waals surface area (Å²) >= 11 is 0. The molecule has 2 N–H and O–H groups in total. The van der Waals surface area contributed by atoms with Crippen LogP contribution in [0.4, 0.5) is 11.4 Å². The molecule has 0 saturated carbocycles. The molecule has 0 radical (unpaired) electrons. The molecule has 3 aromatic rings. The van der Waals surface area contributed by atoms with E-state index in [1.54, 1.807) is 54.6 Å². The zero-order chi connectivity index (χ0) is 23.0. The van der Waals surface area contributed by atoms with Gasteiger partial charge in [0.1, 0.15) is 0 Å². The van der Waals surface area contributed by atoms with E-state index in [4.69, 9.17) is 4.74 Å². The van der Waals surface area contributed by atoms with Gasteiger partial charge in [0, 0.05) is 5.69 Å². The lowest BCUT2D eigenvalue weighted by atomic mass is 10.1. The van der Waals surface area contributed by atoms with Crippen LogP contribution in [0.3, 0.4) is 0 Å². The summed E-state index contributed by atoms with van der Waals surface area (Å²) in [6, 6.07) is 20.5. The van der Waals surface area contributed by atoms with Crippen LogP contribution in [-0.2, 0) is 14.8 Å². The average Bonchev–Trinajstić information content (AvgIpc) is 2.80. The van der Waals surface area contributed by atoms with E-state index in [0.717, 1.165) is 12.8 Å². The predicted octanol–water partition coefficient (Wildman–Crippen LogP) is 4.70. The molecular weight excluding hydrogens is 428 g/mol. The van der Waals surface area contributed by atoms with Crippen LogP contribution in [0.25, 0.3) is 0 Å². The van der Waals surface area contributed by atoms with Gasteiger partial charge < -0.3 is 10.1 Å². The van der Waals surface area contributed by atoms with Gasteiger partial charge in [0.2, 0.25) is 0 Å². The highest BCUT2D eigenvalue weighted by Gasteiger charge is 2.18. The molecule has 0 fully saturated rings. The Morgan fingerprint density at radius 3 is 2.22 bits per heavy atom. The number of sulfonamides is 1. The summed E-state index contributed by atoms with van der Waals surface area (Å²) < 4.78 is 32.9. The van der Waals surface area contributed by atoms with Crippen molar-refractivity contribution in [1.82, 2.24) is 0 Å². The second-order valence-corrected chi connectivity index (χ2v) is 8.67. The van der Waals surface area contributed by atoms with Gasteiger partial charge in [-0.2, -0.15) is 0 Å². The average molecular weight is 453 g/mol. The first-order valence-electron chi connectivity index (χ1n) is 10.2. The number of carbonyl (C=O) groups excluding carboxylic acids is 2. The Morgan fingerprint density at radius 2 is 1.53 bits per heavy atom. The van der Waals surface area contributed by atoms with Crippen LogP contribution in [-0.4, -0.2) is 26.9 Å². The fourth-order valence-electron chi connectivity index (χ4n) is 2.85. The maximum atomic E-state index is 12.8. The fourth-order valence-corrected chi connectivity index (χ4v) is 3.95. The molecule has 7 nitrogen and oxygen atoms in total. The zero-order valence-electron chi connectivity index (χ0n) is 17.6. The van der Waals surface area contributed by atoms with Crippen molar-refractivity contribution < 1.29 is 22.7 Å². The Labute approximate surface area is 187 Å². The van der Waals surface area contributed by atoms with Crippen LogP contribution in [0.15, 0.2) is 83.8 Å². The highest BCUT2D eigenvalue weighted by Crippen LogP contribution is 2.21. The molecule has 0 unspecified atom stereocenters. The molecular formula is C24H24N2O5S. The van der Waals surface area contributed by atoms with E-state index in [-0.39, 0.29) is 16.1 Å². The summed E-state index contributed by atoms with van der Waals surface area (Å²) in [5.41, 5.74) is 1.16. The van der Waals surface area contributed by atoms with Crippen molar-refractivity contribution in [3.05, 3.63) is 90.0 Å². The van der Waals surface area contributed by atoms with E-state index in [1.807, 2.05) is 6.92 Å². The SMILES string of the molecule is CCCCOC(=O)c1ccc(NC(=O)c2ccccc2NS(=O)(=O)c2ccccc2)cc1. The van der Waals surface area contributed by atoms with Gasteiger partial charge in [0.25, 0.3) is 15.9 Å². The Hall–Kier alpha value is -3.65. The Kier molecular flexibility index (Phi) is 7.62. The van der Waals surface area contributed by atoms with Gasteiger partial charge in [-0.05, 0) is 55.0 Å². The molecule has 0 aromatic heterocycles. The molecule has 0 heterocycles. The molecule has 3 rings (SSSR count). The van der Waals surface area contributed by atoms with Crippen LogP contribution in [0.2, 0.25) is 0 Å². The smallest absolute Gasteiger partial charge is 0.338 e. The monoisotopic (exact) mass is 452 g/mol. The number of esters is 1. The summed E-state index contributed by atoms with van der Waals surface area (Å²) in [4.78, 5) is 24.9. The van der Waals surface area contributed by atoms with Gasteiger partial charge in [-0.1, -0.05) is 43.7 Å². The summed E-state index contributed by atoms with van der Waals surface area (Å²) in [6.45, 7) is 2.37. The molecule has 3 aromatic carbocycles. The third kappa shape index (κ3) is 5.95. The minimum absolute atomic E-state index is 0.0941. The number of ether oxygens (including phenoxy) is 1. The van der Waals surface area contributed by atoms with Gasteiger partial charge in [0.05, 0.1) is 28.3 Å². The predicted molar refractivity (Wildman–Crippen MR) is 123 cm³/mol. The molecule has 32 heavy (non-hydrogen) atoms. The van der Waals surface area contributed by atoms with Gasteiger partial charge in [-0.25, -0.2) is 13.2 Å². The van der Waals surface area contributed by atoms with E-state index in [1.165, 1.54) is 24.3 Å². The van der Waals surface area contributed by atoms with E-state index in [9.17, 15) is 18.0 Å². The quantitative estimate of drug-likeness (QED) is 0.362. The first-order valence-corrected chi connectivity index (χ1v) is 11.6. The topological polar surface area (TPSA) is 102 Å². The first kappa shape index (κ1) is 23.0. The van der Waals surface area contributed by atoms with Crippen molar-refractivity contribution in [2.45, 2.75) is 24.7 Å². The second kappa shape index (κ2) is 10.6. The van der Waals surface area contributed by atoms with E-state index >= 15 is 0 Å². The van der Waals surface area contributed by atoms with Crippen molar-refractivity contribution in [2.75, 3.05) is 16.6 Å². The highest BCUT2D eigenvalue weighted by molar-refractivity contribution is 7.92. The zero-order valence-corrected chi connectivity index (χ0v) is 18.4. The lowest BCUT2D eigenvalue weighted by molar-refractivity contribution is 0.0499. The van der Waals surface area contributed by atoms with Crippen LogP contribution >= 0.6 is 0 Å². The number of nitrogens with one attached hydrogen (secondary N) is 2. The molecule has 8 heteroatoms. The van der Waals surface area contributed by atoms with Crippen molar-refractivity contribution in [1.29, 1.82) is 0 Å². The van der Waals surface area contributed by atoms with Crippen molar-refractivity contribution in [2.24, 2.45) is 0 Å². The number of benzene rings is 3. The maximum Gasteiger partial charge on any atom is 0.338 e. The number of carbonyl (C=O) groups is 2. The van der Waals surface area contributed by atoms with Crippen molar-refractivity contribution >= 4 is 33.3 Å². The van der Waals surface area contributed by atoms with E-state index < -0.39 is 21.9 Å². The number of anilines is 2.